The van der Waals surface area contributed by atoms with Gasteiger partial charge in [-0.1, -0.05) is 35.9 Å². The third-order valence-corrected chi connectivity index (χ3v) is 5.67. The van der Waals surface area contributed by atoms with Crippen LogP contribution in [0.4, 0.5) is 0 Å². The number of halogens is 1. The van der Waals surface area contributed by atoms with Crippen LogP contribution in [0.1, 0.15) is 28.6 Å². The lowest BCUT2D eigenvalue weighted by molar-refractivity contribution is -0.143. The van der Waals surface area contributed by atoms with Crippen LogP contribution in [0.25, 0.3) is 10.1 Å². The van der Waals surface area contributed by atoms with E-state index in [2.05, 4.69) is 4.98 Å². The summed E-state index contributed by atoms with van der Waals surface area (Å²) in [6.07, 6.45) is 3.51. The standard InChI is InChI=1S/C20H19ClN2O3S/c1-2-26-17(24)9-11-23(13-14-6-5-10-22-12-14)20(25)19-18(21)15-7-3-4-8-16(15)27-19/h3-8,10,12H,2,9,11,13H2,1H3. The fourth-order valence-corrected chi connectivity index (χ4v) is 4.20. The van der Waals surface area contributed by atoms with Gasteiger partial charge in [-0.05, 0) is 24.6 Å². The Morgan fingerprint density at radius 1 is 1.22 bits per heavy atom. The average molecular weight is 403 g/mol. The number of pyridine rings is 1. The number of hydrogen-bond donors (Lipinski definition) is 0. The molecule has 27 heavy (non-hydrogen) atoms. The maximum atomic E-state index is 13.2. The van der Waals surface area contributed by atoms with Gasteiger partial charge in [0.25, 0.3) is 5.91 Å². The van der Waals surface area contributed by atoms with E-state index in [1.165, 1.54) is 11.3 Å². The van der Waals surface area contributed by atoms with Gasteiger partial charge < -0.3 is 9.64 Å². The van der Waals surface area contributed by atoms with E-state index in [0.717, 1.165) is 15.6 Å². The second-order valence-electron chi connectivity index (χ2n) is 5.88. The SMILES string of the molecule is CCOC(=O)CCN(Cc1cccnc1)C(=O)c1sc2ccccc2c1Cl. The van der Waals surface area contributed by atoms with Crippen LogP contribution < -0.4 is 0 Å². The third-order valence-electron chi connectivity index (χ3n) is 4.00. The minimum atomic E-state index is -0.330. The number of ether oxygens (including phenoxy) is 1. The Kier molecular flexibility index (Phi) is 6.42. The zero-order chi connectivity index (χ0) is 19.2. The summed E-state index contributed by atoms with van der Waals surface area (Å²) in [5.74, 6) is -0.529. The van der Waals surface area contributed by atoms with Crippen molar-refractivity contribution < 1.29 is 14.3 Å². The quantitative estimate of drug-likeness (QED) is 0.544. The number of aromatic nitrogens is 1. The number of thiophene rings is 1. The smallest absolute Gasteiger partial charge is 0.307 e. The number of carbonyl (C=O) groups excluding carboxylic acids is 2. The highest BCUT2D eigenvalue weighted by atomic mass is 35.5. The van der Waals surface area contributed by atoms with E-state index in [-0.39, 0.29) is 24.8 Å². The lowest BCUT2D eigenvalue weighted by atomic mass is 10.2. The molecule has 7 heteroatoms. The molecule has 2 heterocycles. The Bertz CT molecular complexity index is 943. The van der Waals surface area contributed by atoms with Gasteiger partial charge in [-0.2, -0.15) is 0 Å². The molecule has 0 saturated carbocycles. The van der Waals surface area contributed by atoms with Crippen molar-refractivity contribution in [3.05, 3.63) is 64.3 Å². The van der Waals surface area contributed by atoms with Crippen molar-refractivity contribution in [2.45, 2.75) is 19.9 Å². The number of rotatable bonds is 7. The molecular weight excluding hydrogens is 384 g/mol. The summed E-state index contributed by atoms with van der Waals surface area (Å²) in [5.41, 5.74) is 0.881. The van der Waals surface area contributed by atoms with E-state index in [9.17, 15) is 9.59 Å². The number of amides is 1. The van der Waals surface area contributed by atoms with Gasteiger partial charge >= 0.3 is 5.97 Å². The first kappa shape index (κ1) is 19.3. The predicted molar refractivity (Wildman–Crippen MR) is 107 cm³/mol. The molecule has 0 aliphatic rings. The van der Waals surface area contributed by atoms with Crippen molar-refractivity contribution in [1.82, 2.24) is 9.88 Å². The summed E-state index contributed by atoms with van der Waals surface area (Å²) in [6, 6.07) is 11.3. The second-order valence-corrected chi connectivity index (χ2v) is 7.31. The fourth-order valence-electron chi connectivity index (χ4n) is 2.72. The summed E-state index contributed by atoms with van der Waals surface area (Å²) >= 11 is 7.83. The molecule has 0 fully saturated rings. The first-order valence-corrected chi connectivity index (χ1v) is 9.80. The Hall–Kier alpha value is -2.44. The van der Waals surface area contributed by atoms with Gasteiger partial charge in [-0.15, -0.1) is 11.3 Å². The normalized spacial score (nSPS) is 10.7. The summed E-state index contributed by atoms with van der Waals surface area (Å²) in [6.45, 7) is 2.67. The van der Waals surface area contributed by atoms with Gasteiger partial charge in [0.2, 0.25) is 0 Å². The Labute approximate surface area is 166 Å². The molecule has 0 aliphatic carbocycles. The number of esters is 1. The molecule has 2 aromatic heterocycles. The van der Waals surface area contributed by atoms with E-state index < -0.39 is 0 Å². The summed E-state index contributed by atoms with van der Waals surface area (Å²) in [7, 11) is 0. The third kappa shape index (κ3) is 4.64. The predicted octanol–water partition coefficient (Wildman–Crippen LogP) is 4.55. The van der Waals surface area contributed by atoms with Crippen molar-refractivity contribution in [2.75, 3.05) is 13.2 Å². The number of carbonyl (C=O) groups is 2. The summed E-state index contributed by atoms with van der Waals surface area (Å²) in [4.78, 5) is 31.1. The minimum absolute atomic E-state index is 0.127. The number of hydrogen-bond acceptors (Lipinski definition) is 5. The van der Waals surface area contributed by atoms with Crippen molar-refractivity contribution in [3.63, 3.8) is 0 Å². The zero-order valence-corrected chi connectivity index (χ0v) is 16.4. The van der Waals surface area contributed by atoms with Crippen LogP contribution in [-0.2, 0) is 16.1 Å². The van der Waals surface area contributed by atoms with Crippen LogP contribution >= 0.6 is 22.9 Å². The molecule has 0 bridgehead atoms. The van der Waals surface area contributed by atoms with Gasteiger partial charge in [0.1, 0.15) is 4.88 Å². The molecule has 3 aromatic rings. The number of nitrogens with zero attached hydrogens (tertiary/aromatic N) is 2. The van der Waals surface area contributed by atoms with Crippen LogP contribution in [0.2, 0.25) is 5.02 Å². The van der Waals surface area contributed by atoms with Gasteiger partial charge in [-0.3, -0.25) is 14.6 Å². The van der Waals surface area contributed by atoms with Gasteiger partial charge in [-0.25, -0.2) is 0 Å². The largest absolute Gasteiger partial charge is 0.466 e. The van der Waals surface area contributed by atoms with E-state index in [4.69, 9.17) is 16.3 Å². The van der Waals surface area contributed by atoms with Crippen LogP contribution in [0.3, 0.4) is 0 Å². The Balaban J connectivity index is 1.86. The zero-order valence-electron chi connectivity index (χ0n) is 14.9. The van der Waals surface area contributed by atoms with Gasteiger partial charge in [0, 0.05) is 35.6 Å². The van der Waals surface area contributed by atoms with E-state index in [1.807, 2.05) is 36.4 Å². The van der Waals surface area contributed by atoms with Crippen molar-refractivity contribution in [1.29, 1.82) is 0 Å². The van der Waals surface area contributed by atoms with Crippen LogP contribution in [-0.4, -0.2) is 34.9 Å². The van der Waals surface area contributed by atoms with E-state index in [0.29, 0.717) is 23.1 Å². The molecule has 5 nitrogen and oxygen atoms in total. The molecule has 0 saturated heterocycles. The Morgan fingerprint density at radius 2 is 2.04 bits per heavy atom. The number of benzene rings is 1. The second kappa shape index (κ2) is 8.97. The molecule has 0 radical (unpaired) electrons. The molecule has 1 amide bonds. The fraction of sp³-hybridized carbons (Fsp3) is 0.250. The van der Waals surface area contributed by atoms with Crippen molar-refractivity contribution in [3.8, 4) is 0 Å². The highest BCUT2D eigenvalue weighted by Crippen LogP contribution is 2.36. The van der Waals surface area contributed by atoms with Crippen LogP contribution in [0.5, 0.6) is 0 Å². The van der Waals surface area contributed by atoms with E-state index in [1.54, 1.807) is 24.2 Å². The summed E-state index contributed by atoms with van der Waals surface area (Å²) in [5, 5.41) is 1.31. The molecule has 0 spiro atoms. The van der Waals surface area contributed by atoms with Crippen LogP contribution in [0, 0.1) is 0 Å². The molecule has 140 valence electrons. The molecule has 0 unspecified atom stereocenters. The molecular formula is C20H19ClN2O3S. The highest BCUT2D eigenvalue weighted by molar-refractivity contribution is 7.21. The van der Waals surface area contributed by atoms with Crippen LogP contribution in [0.15, 0.2) is 48.8 Å². The van der Waals surface area contributed by atoms with Gasteiger partial charge in [0.05, 0.1) is 18.1 Å². The highest BCUT2D eigenvalue weighted by Gasteiger charge is 2.23. The summed E-state index contributed by atoms with van der Waals surface area (Å²) < 4.78 is 5.94. The molecule has 1 aromatic carbocycles. The first-order valence-electron chi connectivity index (χ1n) is 8.61. The maximum Gasteiger partial charge on any atom is 0.307 e. The number of fused-ring (bicyclic) bond motifs is 1. The first-order chi connectivity index (χ1) is 13.1. The molecule has 0 N–H and O–H groups in total. The topological polar surface area (TPSA) is 59.5 Å². The lowest BCUT2D eigenvalue weighted by Crippen LogP contribution is -2.32. The Morgan fingerprint density at radius 3 is 2.74 bits per heavy atom. The lowest BCUT2D eigenvalue weighted by Gasteiger charge is -2.22. The monoisotopic (exact) mass is 402 g/mol. The molecule has 3 rings (SSSR count). The molecule has 0 atom stereocenters. The molecule has 0 aliphatic heterocycles. The average Bonchev–Trinajstić information content (AvgIpc) is 3.02. The minimum Gasteiger partial charge on any atom is -0.466 e. The van der Waals surface area contributed by atoms with Gasteiger partial charge in [0.15, 0.2) is 0 Å². The van der Waals surface area contributed by atoms with Crippen molar-refractivity contribution >= 4 is 44.9 Å². The van der Waals surface area contributed by atoms with Crippen molar-refractivity contribution in [2.24, 2.45) is 0 Å². The van der Waals surface area contributed by atoms with E-state index >= 15 is 0 Å². The maximum absolute atomic E-state index is 13.2.